The molecule has 8 nitrogen and oxygen atoms in total. The Kier molecular flexibility index (Phi) is 5.47. The van der Waals surface area contributed by atoms with Gasteiger partial charge in [0.05, 0.1) is 25.6 Å². The summed E-state index contributed by atoms with van der Waals surface area (Å²) < 4.78 is 10.9. The number of aromatic amines is 2. The Morgan fingerprint density at radius 3 is 2.90 bits per heavy atom. The van der Waals surface area contributed by atoms with E-state index in [9.17, 15) is 4.79 Å². The maximum Gasteiger partial charge on any atom is 0.289 e. The highest BCUT2D eigenvalue weighted by Gasteiger charge is 2.13. The number of hydrogen-bond acceptors (Lipinski definition) is 5. The van der Waals surface area contributed by atoms with Gasteiger partial charge in [-0.2, -0.15) is 10.2 Å². The van der Waals surface area contributed by atoms with Crippen LogP contribution >= 0.6 is 0 Å². The minimum absolute atomic E-state index is 0.300. The van der Waals surface area contributed by atoms with E-state index in [1.807, 2.05) is 55.6 Å². The van der Waals surface area contributed by atoms with E-state index < -0.39 is 0 Å². The van der Waals surface area contributed by atoms with Crippen molar-refractivity contribution in [2.24, 2.45) is 5.10 Å². The van der Waals surface area contributed by atoms with Gasteiger partial charge in [-0.3, -0.25) is 9.89 Å². The van der Waals surface area contributed by atoms with Crippen molar-refractivity contribution >= 4 is 23.0 Å². The largest absolute Gasteiger partial charge is 0.493 e. The quantitative estimate of drug-likeness (QED) is 0.323. The summed E-state index contributed by atoms with van der Waals surface area (Å²) >= 11 is 0. The molecule has 0 fully saturated rings. The van der Waals surface area contributed by atoms with Crippen molar-refractivity contribution in [1.29, 1.82) is 0 Å². The molecule has 4 aromatic rings. The van der Waals surface area contributed by atoms with Gasteiger partial charge in [0, 0.05) is 28.2 Å². The van der Waals surface area contributed by atoms with Crippen molar-refractivity contribution in [3.8, 4) is 22.8 Å². The third-order valence-corrected chi connectivity index (χ3v) is 4.57. The van der Waals surface area contributed by atoms with Crippen LogP contribution in [0.1, 0.15) is 23.0 Å². The number of ether oxygens (including phenoxy) is 2. The van der Waals surface area contributed by atoms with Crippen LogP contribution < -0.4 is 14.9 Å². The molecule has 3 N–H and O–H groups in total. The number of methoxy groups -OCH3 is 1. The third-order valence-electron chi connectivity index (χ3n) is 4.57. The number of aromatic nitrogens is 3. The van der Waals surface area contributed by atoms with E-state index in [2.05, 4.69) is 25.7 Å². The number of nitrogens with one attached hydrogen (secondary N) is 3. The van der Waals surface area contributed by atoms with E-state index in [1.54, 1.807) is 19.4 Å². The Bertz CT molecular complexity index is 1210. The van der Waals surface area contributed by atoms with Crippen LogP contribution in [-0.4, -0.2) is 41.0 Å². The molecule has 1 amide bonds. The van der Waals surface area contributed by atoms with Crippen LogP contribution in [0.25, 0.3) is 22.2 Å². The number of hydrazone groups is 1. The van der Waals surface area contributed by atoms with Gasteiger partial charge in [0.1, 0.15) is 5.69 Å². The molecule has 0 unspecified atom stereocenters. The van der Waals surface area contributed by atoms with E-state index in [4.69, 9.17) is 9.47 Å². The summed E-state index contributed by atoms with van der Waals surface area (Å²) in [7, 11) is 1.58. The standard InChI is InChI=1S/C22H21N5O3/c1-3-30-20-9-8-14(10-21(20)29-2)18-11-19(26-25-18)22(28)27-24-13-15-12-23-17-7-5-4-6-16(15)17/h4-13,23H,3H2,1-2H3,(H,25,26)(H,27,28). The summed E-state index contributed by atoms with van der Waals surface area (Å²) in [5, 5.41) is 12.0. The van der Waals surface area contributed by atoms with Crippen LogP contribution in [0, 0.1) is 0 Å². The van der Waals surface area contributed by atoms with Crippen LogP contribution in [0.15, 0.2) is 59.8 Å². The zero-order chi connectivity index (χ0) is 20.9. The van der Waals surface area contributed by atoms with Crippen LogP contribution in [-0.2, 0) is 0 Å². The number of amides is 1. The fourth-order valence-electron chi connectivity index (χ4n) is 3.11. The lowest BCUT2D eigenvalue weighted by Crippen LogP contribution is -2.17. The molecular weight excluding hydrogens is 382 g/mol. The predicted octanol–water partition coefficient (Wildman–Crippen LogP) is 3.73. The molecule has 30 heavy (non-hydrogen) atoms. The molecule has 4 rings (SSSR count). The topological polar surface area (TPSA) is 104 Å². The van der Waals surface area contributed by atoms with E-state index in [0.29, 0.717) is 29.5 Å². The van der Waals surface area contributed by atoms with Crippen molar-refractivity contribution < 1.29 is 14.3 Å². The molecule has 8 heteroatoms. The van der Waals surface area contributed by atoms with E-state index in [1.165, 1.54) is 0 Å². The maximum atomic E-state index is 12.4. The summed E-state index contributed by atoms with van der Waals surface area (Å²) in [4.78, 5) is 15.6. The average molecular weight is 403 g/mol. The summed E-state index contributed by atoms with van der Waals surface area (Å²) in [6, 6.07) is 15.0. The number of benzene rings is 2. The minimum Gasteiger partial charge on any atom is -0.493 e. The lowest BCUT2D eigenvalue weighted by atomic mass is 10.1. The van der Waals surface area contributed by atoms with Crippen LogP contribution in [0.4, 0.5) is 0 Å². The fourth-order valence-corrected chi connectivity index (χ4v) is 3.11. The zero-order valence-electron chi connectivity index (χ0n) is 16.6. The first-order valence-electron chi connectivity index (χ1n) is 9.45. The number of carbonyl (C=O) groups is 1. The van der Waals surface area contributed by atoms with Gasteiger partial charge in [0.25, 0.3) is 5.91 Å². The molecule has 0 spiro atoms. The van der Waals surface area contributed by atoms with Gasteiger partial charge in [0.15, 0.2) is 11.5 Å². The first kappa shape index (κ1) is 19.3. The highest BCUT2D eigenvalue weighted by molar-refractivity contribution is 6.00. The smallest absolute Gasteiger partial charge is 0.289 e. The monoisotopic (exact) mass is 403 g/mol. The second-order valence-electron chi connectivity index (χ2n) is 6.45. The predicted molar refractivity (Wildman–Crippen MR) is 115 cm³/mol. The van der Waals surface area contributed by atoms with Crippen molar-refractivity contribution in [2.75, 3.05) is 13.7 Å². The summed E-state index contributed by atoms with van der Waals surface area (Å²) in [5.41, 5.74) is 6.12. The Morgan fingerprint density at radius 2 is 2.07 bits per heavy atom. The van der Waals surface area contributed by atoms with Gasteiger partial charge in [-0.05, 0) is 37.3 Å². The summed E-state index contributed by atoms with van der Waals surface area (Å²) in [6.07, 6.45) is 3.44. The molecule has 0 aliphatic carbocycles. The van der Waals surface area contributed by atoms with Crippen LogP contribution in [0.2, 0.25) is 0 Å². The Balaban J connectivity index is 1.46. The van der Waals surface area contributed by atoms with Crippen LogP contribution in [0.5, 0.6) is 11.5 Å². The second kappa shape index (κ2) is 8.52. The number of fused-ring (bicyclic) bond motifs is 1. The second-order valence-corrected chi connectivity index (χ2v) is 6.45. The van der Waals surface area contributed by atoms with Crippen molar-refractivity contribution in [1.82, 2.24) is 20.6 Å². The SMILES string of the molecule is CCOc1ccc(-c2cc(C(=O)NN=Cc3c[nH]c4ccccc34)[nH]n2)cc1OC. The molecule has 2 aromatic carbocycles. The first-order valence-corrected chi connectivity index (χ1v) is 9.45. The molecule has 2 heterocycles. The van der Waals surface area contributed by atoms with Gasteiger partial charge in [-0.1, -0.05) is 18.2 Å². The average Bonchev–Trinajstić information content (AvgIpc) is 3.42. The van der Waals surface area contributed by atoms with E-state index in [0.717, 1.165) is 22.0 Å². The number of carbonyl (C=O) groups excluding carboxylic acids is 1. The Hall–Kier alpha value is -4.07. The lowest BCUT2D eigenvalue weighted by Gasteiger charge is -2.09. The molecule has 0 aliphatic rings. The highest BCUT2D eigenvalue weighted by Crippen LogP contribution is 2.32. The minimum atomic E-state index is -0.386. The summed E-state index contributed by atoms with van der Waals surface area (Å²) in [6.45, 7) is 2.45. The fraction of sp³-hybridized carbons (Fsp3) is 0.136. The van der Waals surface area contributed by atoms with Crippen molar-refractivity contribution in [3.05, 3.63) is 66.0 Å². The molecule has 0 atom stereocenters. The molecule has 0 radical (unpaired) electrons. The molecule has 2 aromatic heterocycles. The van der Waals surface area contributed by atoms with Gasteiger partial charge >= 0.3 is 0 Å². The van der Waals surface area contributed by atoms with E-state index in [-0.39, 0.29) is 5.91 Å². The molecule has 0 aliphatic heterocycles. The first-order chi connectivity index (χ1) is 14.7. The number of H-pyrrole nitrogens is 2. The maximum absolute atomic E-state index is 12.4. The number of rotatable bonds is 7. The molecule has 0 saturated heterocycles. The number of para-hydroxylation sites is 1. The number of nitrogens with zero attached hydrogens (tertiary/aromatic N) is 2. The zero-order valence-corrected chi connectivity index (χ0v) is 16.6. The number of hydrogen-bond donors (Lipinski definition) is 3. The van der Waals surface area contributed by atoms with Gasteiger partial charge in [-0.25, -0.2) is 5.43 Å². The van der Waals surface area contributed by atoms with E-state index >= 15 is 0 Å². The Morgan fingerprint density at radius 1 is 1.20 bits per heavy atom. The van der Waals surface area contributed by atoms with Crippen molar-refractivity contribution in [3.63, 3.8) is 0 Å². The lowest BCUT2D eigenvalue weighted by molar-refractivity contribution is 0.0950. The molecular formula is C22H21N5O3. The molecule has 0 bridgehead atoms. The Labute approximate surface area is 172 Å². The van der Waals surface area contributed by atoms with Crippen molar-refractivity contribution in [2.45, 2.75) is 6.92 Å². The molecule has 152 valence electrons. The third kappa shape index (κ3) is 3.88. The normalized spacial score (nSPS) is 11.1. The van der Waals surface area contributed by atoms with Crippen LogP contribution in [0.3, 0.4) is 0 Å². The summed E-state index contributed by atoms with van der Waals surface area (Å²) in [5.74, 6) is 0.873. The van der Waals surface area contributed by atoms with Gasteiger partial charge in [-0.15, -0.1) is 0 Å². The van der Waals surface area contributed by atoms with Gasteiger partial charge in [0.2, 0.25) is 0 Å². The van der Waals surface area contributed by atoms with Gasteiger partial charge < -0.3 is 14.5 Å². The molecule has 0 saturated carbocycles. The highest BCUT2D eigenvalue weighted by atomic mass is 16.5.